The van der Waals surface area contributed by atoms with Gasteiger partial charge in [0.15, 0.2) is 0 Å². The smallest absolute Gasteiger partial charge is 0.0622 e. The summed E-state index contributed by atoms with van der Waals surface area (Å²) in [5, 5.41) is 5.52. The van der Waals surface area contributed by atoms with Gasteiger partial charge in [0.25, 0.3) is 0 Å². The molecule has 0 aliphatic carbocycles. The standard InChI is InChI=1S/C37H30P2/c1-7-19-31(20-8-1)37(32-21-9-2-10-22-32,38(33-23-11-3-12-24-33)34-25-13-4-14-26-34)39(35-27-15-5-16-28-35)36-29-17-6-18-30-36/h1-30H. The molecular formula is C37H30P2. The lowest BCUT2D eigenvalue weighted by Gasteiger charge is -2.49. The molecule has 6 aromatic carbocycles. The van der Waals surface area contributed by atoms with Gasteiger partial charge in [-0.1, -0.05) is 182 Å². The highest BCUT2D eigenvalue weighted by Crippen LogP contribution is 2.73. The molecule has 188 valence electrons. The normalized spacial score (nSPS) is 11.5. The Morgan fingerprint density at radius 2 is 0.462 bits per heavy atom. The van der Waals surface area contributed by atoms with Crippen LogP contribution in [0.5, 0.6) is 0 Å². The van der Waals surface area contributed by atoms with Crippen molar-refractivity contribution in [3.8, 4) is 0 Å². The molecule has 6 aromatic rings. The predicted octanol–water partition coefficient (Wildman–Crippen LogP) is 8.15. The monoisotopic (exact) mass is 536 g/mol. The van der Waals surface area contributed by atoms with Crippen LogP contribution in [0.15, 0.2) is 182 Å². The molecule has 0 spiro atoms. The fourth-order valence-electron chi connectivity index (χ4n) is 5.48. The Hall–Kier alpha value is -3.82. The Morgan fingerprint density at radius 1 is 0.256 bits per heavy atom. The van der Waals surface area contributed by atoms with Crippen LogP contribution in [0.1, 0.15) is 11.1 Å². The lowest BCUT2D eigenvalue weighted by molar-refractivity contribution is 1.05. The lowest BCUT2D eigenvalue weighted by atomic mass is 10.0. The summed E-state index contributed by atoms with van der Waals surface area (Å²) in [4.78, 5) is -0.335. The summed E-state index contributed by atoms with van der Waals surface area (Å²) in [5.74, 6) is 0. The lowest BCUT2D eigenvalue weighted by Crippen LogP contribution is -2.38. The van der Waals surface area contributed by atoms with Crippen LogP contribution in [0.3, 0.4) is 0 Å². The van der Waals surface area contributed by atoms with Gasteiger partial charge in [0, 0.05) is 0 Å². The van der Waals surface area contributed by atoms with E-state index < -0.39 is 15.8 Å². The topological polar surface area (TPSA) is 0 Å². The van der Waals surface area contributed by atoms with Crippen molar-refractivity contribution in [2.75, 3.05) is 0 Å². The Labute approximate surface area is 234 Å². The molecule has 0 atom stereocenters. The Balaban J connectivity index is 1.82. The fourth-order valence-corrected chi connectivity index (χ4v) is 13.3. The van der Waals surface area contributed by atoms with E-state index >= 15 is 0 Å². The summed E-state index contributed by atoms with van der Waals surface area (Å²) in [6.45, 7) is 0. The van der Waals surface area contributed by atoms with Gasteiger partial charge in [-0.2, -0.15) is 0 Å². The van der Waals surface area contributed by atoms with Gasteiger partial charge in [0.1, 0.15) is 0 Å². The van der Waals surface area contributed by atoms with Crippen molar-refractivity contribution in [3.05, 3.63) is 193 Å². The summed E-state index contributed by atoms with van der Waals surface area (Å²) >= 11 is 0. The van der Waals surface area contributed by atoms with Gasteiger partial charge in [-0.15, -0.1) is 0 Å². The molecule has 0 aromatic heterocycles. The average molecular weight is 537 g/mol. The summed E-state index contributed by atoms with van der Waals surface area (Å²) in [5.41, 5.74) is 2.71. The zero-order chi connectivity index (χ0) is 26.3. The van der Waals surface area contributed by atoms with Gasteiger partial charge < -0.3 is 0 Å². The third-order valence-electron chi connectivity index (χ3n) is 7.06. The molecule has 0 N–H and O–H groups in total. The third kappa shape index (κ3) is 4.99. The predicted molar refractivity (Wildman–Crippen MR) is 172 cm³/mol. The molecule has 0 nitrogen and oxygen atoms in total. The molecule has 2 heteroatoms. The Kier molecular flexibility index (Phi) is 7.78. The molecule has 39 heavy (non-hydrogen) atoms. The first-order valence-electron chi connectivity index (χ1n) is 13.3. The highest BCUT2D eigenvalue weighted by atomic mass is 31.2. The van der Waals surface area contributed by atoms with Crippen LogP contribution in [0.4, 0.5) is 0 Å². The molecule has 0 fully saturated rings. The number of hydrogen-bond donors (Lipinski definition) is 0. The van der Waals surface area contributed by atoms with Crippen molar-refractivity contribution in [1.29, 1.82) is 0 Å². The number of benzene rings is 6. The van der Waals surface area contributed by atoms with Gasteiger partial charge in [-0.3, -0.25) is 0 Å². The van der Waals surface area contributed by atoms with Gasteiger partial charge >= 0.3 is 0 Å². The zero-order valence-corrected chi connectivity index (χ0v) is 23.5. The zero-order valence-electron chi connectivity index (χ0n) is 21.7. The maximum Gasteiger partial charge on any atom is 0.0761 e. The van der Waals surface area contributed by atoms with E-state index in [1.165, 1.54) is 32.3 Å². The largest absolute Gasteiger partial charge is 0.0761 e. The van der Waals surface area contributed by atoms with Crippen molar-refractivity contribution < 1.29 is 0 Å². The van der Waals surface area contributed by atoms with Crippen LogP contribution in [-0.2, 0) is 4.90 Å². The summed E-state index contributed by atoms with van der Waals surface area (Å²) in [7, 11) is -1.82. The highest BCUT2D eigenvalue weighted by Gasteiger charge is 2.50. The van der Waals surface area contributed by atoms with Crippen molar-refractivity contribution in [1.82, 2.24) is 0 Å². The van der Waals surface area contributed by atoms with Crippen molar-refractivity contribution in [2.24, 2.45) is 0 Å². The van der Waals surface area contributed by atoms with Crippen LogP contribution in [0.25, 0.3) is 0 Å². The minimum atomic E-state index is -0.909. The molecule has 0 bridgehead atoms. The summed E-state index contributed by atoms with van der Waals surface area (Å²) in [6.07, 6.45) is 0. The molecule has 0 saturated heterocycles. The highest BCUT2D eigenvalue weighted by molar-refractivity contribution is 7.90. The average Bonchev–Trinajstić information content (AvgIpc) is 3.03. The van der Waals surface area contributed by atoms with E-state index in [4.69, 9.17) is 0 Å². The van der Waals surface area contributed by atoms with Gasteiger partial charge in [0.05, 0.1) is 4.90 Å². The molecule has 0 radical (unpaired) electrons. The molecule has 0 aliphatic rings. The molecule has 0 heterocycles. The van der Waals surface area contributed by atoms with E-state index in [0.29, 0.717) is 0 Å². The first kappa shape index (κ1) is 25.5. The fraction of sp³-hybridized carbons (Fsp3) is 0.0270. The Morgan fingerprint density at radius 3 is 0.692 bits per heavy atom. The van der Waals surface area contributed by atoms with Crippen molar-refractivity contribution in [3.63, 3.8) is 0 Å². The Bertz CT molecular complexity index is 1370. The molecule has 0 unspecified atom stereocenters. The van der Waals surface area contributed by atoms with Gasteiger partial charge in [-0.05, 0) is 48.2 Å². The van der Waals surface area contributed by atoms with E-state index in [0.717, 1.165) is 0 Å². The molecule has 6 rings (SSSR count). The van der Waals surface area contributed by atoms with E-state index in [2.05, 4.69) is 182 Å². The van der Waals surface area contributed by atoms with Crippen molar-refractivity contribution >= 4 is 37.1 Å². The maximum atomic E-state index is 2.36. The van der Waals surface area contributed by atoms with Crippen LogP contribution in [-0.4, -0.2) is 0 Å². The van der Waals surface area contributed by atoms with E-state index in [-0.39, 0.29) is 4.90 Å². The SMILES string of the molecule is c1ccc(P(c2ccccc2)C(c2ccccc2)(c2ccccc2)P(c2ccccc2)c2ccccc2)cc1. The van der Waals surface area contributed by atoms with Gasteiger partial charge in [-0.25, -0.2) is 0 Å². The van der Waals surface area contributed by atoms with Crippen LogP contribution in [0.2, 0.25) is 0 Å². The first-order chi connectivity index (χ1) is 19.4. The maximum absolute atomic E-state index is 2.36. The molecule has 0 aliphatic heterocycles. The van der Waals surface area contributed by atoms with E-state index in [9.17, 15) is 0 Å². The quantitative estimate of drug-likeness (QED) is 0.172. The number of hydrogen-bond acceptors (Lipinski definition) is 0. The second-order valence-corrected chi connectivity index (χ2v) is 14.5. The van der Waals surface area contributed by atoms with E-state index in [1.807, 2.05) is 0 Å². The van der Waals surface area contributed by atoms with Crippen LogP contribution < -0.4 is 21.2 Å². The summed E-state index contributed by atoms with van der Waals surface area (Å²) in [6, 6.07) is 67.3. The molecular weight excluding hydrogens is 506 g/mol. The molecule has 0 amide bonds. The molecule has 0 saturated carbocycles. The minimum Gasteiger partial charge on any atom is -0.0622 e. The number of rotatable bonds is 8. The first-order valence-corrected chi connectivity index (χ1v) is 16.0. The van der Waals surface area contributed by atoms with Crippen LogP contribution >= 0.6 is 15.8 Å². The second kappa shape index (κ2) is 11.9. The van der Waals surface area contributed by atoms with Gasteiger partial charge in [0.2, 0.25) is 0 Å². The third-order valence-corrected chi connectivity index (χ3v) is 13.8. The summed E-state index contributed by atoms with van der Waals surface area (Å²) < 4.78 is 0. The van der Waals surface area contributed by atoms with E-state index in [1.54, 1.807) is 0 Å². The van der Waals surface area contributed by atoms with Crippen LogP contribution in [0, 0.1) is 0 Å². The second-order valence-electron chi connectivity index (χ2n) is 9.42. The minimum absolute atomic E-state index is 0.335. The van der Waals surface area contributed by atoms with Crippen molar-refractivity contribution in [2.45, 2.75) is 4.90 Å².